The third-order valence-corrected chi connectivity index (χ3v) is 7.87. The van der Waals surface area contributed by atoms with Gasteiger partial charge in [-0.2, -0.15) is 0 Å². The van der Waals surface area contributed by atoms with Crippen LogP contribution in [0.2, 0.25) is 10.0 Å². The van der Waals surface area contributed by atoms with Crippen LogP contribution in [0.15, 0.2) is 59.5 Å². The molecule has 0 aliphatic carbocycles. The number of benzene rings is 2. The Labute approximate surface area is 237 Å². The quantitative estimate of drug-likeness (QED) is 0.302. The lowest BCUT2D eigenvalue weighted by Crippen LogP contribution is -2.47. The summed E-state index contributed by atoms with van der Waals surface area (Å²) in [6.45, 7) is 0.470. The first-order valence-corrected chi connectivity index (χ1v) is 13.5. The maximum Gasteiger partial charge on any atom is 0.407 e. The molecule has 12 heteroatoms. The van der Waals surface area contributed by atoms with Crippen LogP contribution in [-0.4, -0.2) is 52.6 Å². The molecule has 0 radical (unpaired) electrons. The zero-order valence-corrected chi connectivity index (χ0v) is 23.5. The maximum atomic E-state index is 14.0. The highest BCUT2D eigenvalue weighted by Crippen LogP contribution is 2.44. The van der Waals surface area contributed by atoms with Crippen LogP contribution >= 0.6 is 39.1 Å². The number of imidazole rings is 1. The van der Waals surface area contributed by atoms with Gasteiger partial charge in [-0.25, -0.2) is 24.0 Å². The van der Waals surface area contributed by atoms with Crippen molar-refractivity contribution in [2.24, 2.45) is 7.05 Å². The molecule has 3 aromatic rings. The number of aromatic amines is 1. The van der Waals surface area contributed by atoms with E-state index >= 15 is 0 Å². The van der Waals surface area contributed by atoms with Crippen molar-refractivity contribution in [1.82, 2.24) is 15.2 Å². The van der Waals surface area contributed by atoms with Crippen molar-refractivity contribution in [3.8, 4) is 0 Å². The van der Waals surface area contributed by atoms with E-state index in [-0.39, 0.29) is 19.4 Å². The van der Waals surface area contributed by atoms with Gasteiger partial charge in [0.05, 0.1) is 19.3 Å². The summed E-state index contributed by atoms with van der Waals surface area (Å²) in [5, 5.41) is 3.38. The van der Waals surface area contributed by atoms with Gasteiger partial charge in [0.15, 0.2) is 0 Å². The number of aryl methyl sites for hydroxylation is 1. The van der Waals surface area contributed by atoms with Crippen LogP contribution < -0.4 is 14.8 Å². The van der Waals surface area contributed by atoms with Crippen LogP contribution in [0.4, 0.5) is 15.3 Å². The second kappa shape index (κ2) is 10.6. The number of H-pyrrole nitrogens is 1. The SMILES string of the molecule is C[n+]1c[nH]cc1CCNC(=O)O[C@H]1CN2C(=O)N(c3cc(Cl)cc(Cl)c3)C(=O)[C@]2(Cc2ccc(Br)cc2)C1. The molecule has 2 N–H and O–H groups in total. The fourth-order valence-corrected chi connectivity index (χ4v) is 5.91. The van der Waals surface area contributed by atoms with Crippen molar-refractivity contribution < 1.29 is 23.7 Å². The molecule has 5 rings (SSSR count). The van der Waals surface area contributed by atoms with E-state index in [2.05, 4.69) is 26.2 Å². The number of amides is 4. The summed E-state index contributed by atoms with van der Waals surface area (Å²) in [6, 6.07) is 11.7. The first-order chi connectivity index (χ1) is 18.2. The van der Waals surface area contributed by atoms with Gasteiger partial charge in [-0.05, 0) is 35.9 Å². The Hall–Kier alpha value is -3.08. The summed E-state index contributed by atoms with van der Waals surface area (Å²) in [5.41, 5.74) is 0.978. The Morgan fingerprint density at radius 2 is 1.92 bits per heavy atom. The number of halogens is 3. The Morgan fingerprint density at radius 1 is 1.21 bits per heavy atom. The number of ether oxygens (including phenoxy) is 1. The Morgan fingerprint density at radius 3 is 2.58 bits per heavy atom. The average Bonchev–Trinajstić information content (AvgIpc) is 3.48. The third kappa shape index (κ3) is 5.12. The molecular formula is C26H25BrCl2N5O4+. The van der Waals surface area contributed by atoms with Gasteiger partial charge in [-0.15, -0.1) is 0 Å². The van der Waals surface area contributed by atoms with Crippen LogP contribution in [0.3, 0.4) is 0 Å². The standard InChI is InChI=1S/C26H24BrCl2N5O4/c1-32-15-30-13-20(32)6-7-31-24(36)38-22-12-26(11-16-2-4-17(27)5-3-16)23(35)34(25(37)33(26)14-22)21-9-18(28)8-19(29)10-21/h2-5,8-10,13,15,22H,6-7,11-12,14H2,1H3,(H,31,36)/p+1/t22-,26+/m1/s1. The van der Waals surface area contributed by atoms with Gasteiger partial charge in [0.2, 0.25) is 6.33 Å². The van der Waals surface area contributed by atoms with E-state index in [1.165, 1.54) is 23.1 Å². The van der Waals surface area contributed by atoms with E-state index in [1.807, 2.05) is 48.4 Å². The number of fused-ring (bicyclic) bond motifs is 1. The van der Waals surface area contributed by atoms with Gasteiger partial charge in [-0.1, -0.05) is 51.3 Å². The summed E-state index contributed by atoms with van der Waals surface area (Å²) in [6.07, 6.45) is 3.49. The molecule has 2 atom stereocenters. The van der Waals surface area contributed by atoms with E-state index in [1.54, 1.807) is 0 Å². The minimum absolute atomic E-state index is 0.0894. The number of hydrogen-bond donors (Lipinski definition) is 2. The van der Waals surface area contributed by atoms with Crippen molar-refractivity contribution in [2.45, 2.75) is 30.9 Å². The molecule has 2 aliphatic heterocycles. The highest BCUT2D eigenvalue weighted by molar-refractivity contribution is 9.10. The van der Waals surface area contributed by atoms with Gasteiger partial charge in [-0.3, -0.25) is 4.79 Å². The molecule has 0 unspecified atom stereocenters. The fraction of sp³-hybridized carbons (Fsp3) is 0.308. The maximum absolute atomic E-state index is 14.0. The van der Waals surface area contributed by atoms with Gasteiger partial charge in [0.25, 0.3) is 5.91 Å². The second-order valence-corrected chi connectivity index (χ2v) is 11.2. The smallest absolute Gasteiger partial charge is 0.407 e. The molecule has 0 spiro atoms. The topological polar surface area (TPSA) is 98.6 Å². The molecule has 3 heterocycles. The normalized spacial score (nSPS) is 20.7. The zero-order valence-electron chi connectivity index (χ0n) is 20.4. The van der Waals surface area contributed by atoms with Gasteiger partial charge >= 0.3 is 12.1 Å². The predicted molar refractivity (Wildman–Crippen MR) is 145 cm³/mol. The first kappa shape index (κ1) is 26.5. The predicted octanol–water partition coefficient (Wildman–Crippen LogP) is 4.40. The van der Waals surface area contributed by atoms with Crippen LogP contribution in [-0.2, 0) is 29.4 Å². The monoisotopic (exact) mass is 620 g/mol. The van der Waals surface area contributed by atoms with Crippen molar-refractivity contribution in [3.63, 3.8) is 0 Å². The molecule has 9 nitrogen and oxygen atoms in total. The van der Waals surface area contributed by atoms with Crippen LogP contribution in [0, 0.1) is 0 Å². The average molecular weight is 622 g/mol. The largest absolute Gasteiger partial charge is 0.444 e. The number of nitrogens with one attached hydrogen (secondary N) is 2. The molecule has 0 saturated carbocycles. The lowest BCUT2D eigenvalue weighted by Gasteiger charge is -2.28. The highest BCUT2D eigenvalue weighted by atomic mass is 79.9. The molecule has 2 fully saturated rings. The number of rotatable bonds is 7. The molecule has 2 saturated heterocycles. The van der Waals surface area contributed by atoms with Crippen molar-refractivity contribution in [3.05, 3.63) is 80.8 Å². The van der Waals surface area contributed by atoms with Crippen LogP contribution in [0.25, 0.3) is 0 Å². The van der Waals surface area contributed by atoms with E-state index in [4.69, 9.17) is 27.9 Å². The summed E-state index contributed by atoms with van der Waals surface area (Å²) in [5.74, 6) is -0.407. The van der Waals surface area contributed by atoms with Gasteiger partial charge in [0.1, 0.15) is 23.5 Å². The summed E-state index contributed by atoms with van der Waals surface area (Å²) >= 11 is 15.8. The number of aromatic nitrogens is 2. The minimum Gasteiger partial charge on any atom is -0.444 e. The van der Waals surface area contributed by atoms with E-state index < -0.39 is 29.7 Å². The Balaban J connectivity index is 1.35. The number of carbonyl (C=O) groups is 3. The molecule has 2 aliphatic rings. The molecule has 0 bridgehead atoms. The van der Waals surface area contributed by atoms with Crippen LogP contribution in [0.1, 0.15) is 17.7 Å². The summed E-state index contributed by atoms with van der Waals surface area (Å²) in [4.78, 5) is 45.8. The molecule has 4 amide bonds. The molecule has 198 valence electrons. The summed E-state index contributed by atoms with van der Waals surface area (Å²) in [7, 11) is 1.91. The van der Waals surface area contributed by atoms with Crippen molar-refractivity contribution in [2.75, 3.05) is 18.0 Å². The lowest BCUT2D eigenvalue weighted by molar-refractivity contribution is -0.677. The molecule has 2 aromatic carbocycles. The number of urea groups is 1. The molecule has 1 aromatic heterocycles. The number of carbonyl (C=O) groups excluding carboxylic acids is 3. The second-order valence-electron chi connectivity index (χ2n) is 9.45. The Kier molecular flexibility index (Phi) is 7.39. The van der Waals surface area contributed by atoms with Crippen LogP contribution in [0.5, 0.6) is 0 Å². The number of imide groups is 1. The zero-order chi connectivity index (χ0) is 27.0. The van der Waals surface area contributed by atoms with Gasteiger partial charge in [0, 0.05) is 40.3 Å². The highest BCUT2D eigenvalue weighted by Gasteiger charge is 2.63. The fourth-order valence-electron chi connectivity index (χ4n) is 5.13. The van der Waals surface area contributed by atoms with E-state index in [9.17, 15) is 14.4 Å². The van der Waals surface area contributed by atoms with E-state index in [0.717, 1.165) is 20.6 Å². The number of anilines is 1. The molecular weight excluding hydrogens is 597 g/mol. The first-order valence-electron chi connectivity index (χ1n) is 12.0. The Bertz CT molecular complexity index is 1380. The van der Waals surface area contributed by atoms with Crippen molar-refractivity contribution in [1.29, 1.82) is 0 Å². The van der Waals surface area contributed by atoms with Crippen molar-refractivity contribution >= 4 is 62.9 Å². The van der Waals surface area contributed by atoms with Gasteiger partial charge < -0.3 is 15.0 Å². The minimum atomic E-state index is -1.22. The number of nitrogens with zero attached hydrogens (tertiary/aromatic N) is 3. The number of hydrogen-bond acceptors (Lipinski definition) is 4. The summed E-state index contributed by atoms with van der Waals surface area (Å²) < 4.78 is 8.51. The third-order valence-electron chi connectivity index (χ3n) is 6.90. The molecule has 38 heavy (non-hydrogen) atoms. The van der Waals surface area contributed by atoms with E-state index in [0.29, 0.717) is 28.7 Å². The number of alkyl carbamates (subject to hydrolysis) is 1. The lowest BCUT2D eigenvalue weighted by atomic mass is 9.87.